The highest BCUT2D eigenvalue weighted by atomic mass is 35.5. The second-order valence-electron chi connectivity index (χ2n) is 4.80. The van der Waals surface area contributed by atoms with Gasteiger partial charge >= 0.3 is 0 Å². The van der Waals surface area contributed by atoms with Gasteiger partial charge in [0, 0.05) is 0 Å². The van der Waals surface area contributed by atoms with Crippen molar-refractivity contribution in [1.82, 2.24) is 0 Å². The number of anilines is 1. The summed E-state index contributed by atoms with van der Waals surface area (Å²) in [5.41, 5.74) is 0.799. The molecular weight excluding hydrogens is 387 g/mol. The van der Waals surface area contributed by atoms with E-state index in [0.29, 0.717) is 22.9 Å². The van der Waals surface area contributed by atoms with Crippen molar-refractivity contribution in [3.8, 4) is 11.5 Å². The predicted molar refractivity (Wildman–Crippen MR) is 102 cm³/mol. The summed E-state index contributed by atoms with van der Waals surface area (Å²) >= 11 is 18.4. The third-order valence-electron chi connectivity index (χ3n) is 3.20. The number of carbonyl (C=O) groups is 1. The lowest BCUT2D eigenvalue weighted by Gasteiger charge is -2.18. The van der Waals surface area contributed by atoms with Crippen LogP contribution >= 0.6 is 34.8 Å². The van der Waals surface area contributed by atoms with Gasteiger partial charge in [-0.2, -0.15) is 0 Å². The van der Waals surface area contributed by atoms with Gasteiger partial charge in [0.25, 0.3) is 5.91 Å². The van der Waals surface area contributed by atoms with Crippen molar-refractivity contribution < 1.29 is 14.3 Å². The second-order valence-corrected chi connectivity index (χ2v) is 6.49. The van der Waals surface area contributed by atoms with Crippen LogP contribution < -0.4 is 14.8 Å². The number of nitrogens with zero attached hydrogens (tertiary/aromatic N) is 1. The monoisotopic (exact) mass is 400 g/mol. The molecule has 0 fully saturated rings. The van der Waals surface area contributed by atoms with Crippen molar-refractivity contribution in [3.63, 3.8) is 0 Å². The van der Waals surface area contributed by atoms with Crippen LogP contribution in [0, 0.1) is 0 Å². The smallest absolute Gasteiger partial charge is 0.268 e. The average molecular weight is 402 g/mol. The van der Waals surface area contributed by atoms with E-state index in [9.17, 15) is 4.79 Å². The van der Waals surface area contributed by atoms with E-state index >= 15 is 0 Å². The van der Waals surface area contributed by atoms with Gasteiger partial charge < -0.3 is 14.8 Å². The van der Waals surface area contributed by atoms with Gasteiger partial charge in [0.2, 0.25) is 4.33 Å². The first-order valence-corrected chi connectivity index (χ1v) is 8.23. The minimum absolute atomic E-state index is 0.312. The Morgan fingerprint density at radius 1 is 1.00 bits per heavy atom. The summed E-state index contributed by atoms with van der Waals surface area (Å²) in [4.78, 5) is 16.6. The van der Waals surface area contributed by atoms with Gasteiger partial charge in [0.1, 0.15) is 17.2 Å². The van der Waals surface area contributed by atoms with Crippen molar-refractivity contribution in [1.29, 1.82) is 0 Å². The van der Waals surface area contributed by atoms with Gasteiger partial charge in [-0.05, 0) is 24.3 Å². The molecule has 8 heteroatoms. The van der Waals surface area contributed by atoms with E-state index in [1.54, 1.807) is 48.5 Å². The predicted octanol–water partition coefficient (Wildman–Crippen LogP) is 4.79. The zero-order valence-electron chi connectivity index (χ0n) is 13.4. The zero-order chi connectivity index (χ0) is 18.4. The molecule has 0 saturated heterocycles. The third kappa shape index (κ3) is 4.57. The Morgan fingerprint density at radius 3 is 2.20 bits per heavy atom. The molecule has 1 N–H and O–H groups in total. The largest absolute Gasteiger partial charge is 0.495 e. The molecule has 0 heterocycles. The molecule has 0 aliphatic heterocycles. The molecule has 0 saturated carbocycles. The Hall–Kier alpha value is -1.95. The van der Waals surface area contributed by atoms with E-state index in [1.807, 2.05) is 0 Å². The Labute approximate surface area is 160 Å². The number of methoxy groups -OCH3 is 2. The first-order valence-electron chi connectivity index (χ1n) is 7.10. The lowest BCUT2D eigenvalue weighted by Crippen LogP contribution is -2.37. The Bertz CT molecular complexity index is 794. The molecule has 2 aromatic rings. The van der Waals surface area contributed by atoms with Gasteiger partial charge in [-0.1, -0.05) is 59.1 Å². The molecule has 0 aliphatic carbocycles. The van der Waals surface area contributed by atoms with E-state index in [4.69, 9.17) is 44.3 Å². The number of hydrogen-bond donors (Lipinski definition) is 1. The van der Waals surface area contributed by atoms with E-state index in [-0.39, 0.29) is 5.17 Å². The standard InChI is InChI=1S/C17H15Cl3N2O3/c1-24-13-9-5-3-7-11(13)21-15(18)17(19,20)16(23)22-12-8-4-6-10-14(12)25-2/h3-10H,1-2H3,(H,22,23)/b21-15+. The van der Waals surface area contributed by atoms with Crippen LogP contribution in [-0.2, 0) is 4.79 Å². The van der Waals surface area contributed by atoms with Crippen LogP contribution in [0.2, 0.25) is 0 Å². The van der Waals surface area contributed by atoms with Crippen LogP contribution in [0.15, 0.2) is 53.5 Å². The Balaban J connectivity index is 2.27. The van der Waals surface area contributed by atoms with E-state index in [2.05, 4.69) is 10.3 Å². The normalized spacial score (nSPS) is 11.8. The molecule has 1 amide bonds. The highest BCUT2D eigenvalue weighted by Crippen LogP contribution is 2.34. The lowest BCUT2D eigenvalue weighted by molar-refractivity contribution is -0.115. The summed E-state index contributed by atoms with van der Waals surface area (Å²) in [5, 5.41) is 2.26. The number of carbonyl (C=O) groups excluding carboxylic acids is 1. The number of benzene rings is 2. The molecule has 0 atom stereocenters. The first kappa shape index (κ1) is 19.4. The topological polar surface area (TPSA) is 59.9 Å². The summed E-state index contributed by atoms with van der Waals surface area (Å²) in [6, 6.07) is 13.7. The van der Waals surface area contributed by atoms with Crippen LogP contribution in [0.5, 0.6) is 11.5 Å². The first-order chi connectivity index (χ1) is 11.9. The van der Waals surface area contributed by atoms with Gasteiger partial charge in [-0.15, -0.1) is 0 Å². The lowest BCUT2D eigenvalue weighted by atomic mass is 10.2. The molecule has 0 aliphatic rings. The maximum Gasteiger partial charge on any atom is 0.268 e. The highest BCUT2D eigenvalue weighted by Gasteiger charge is 2.39. The molecule has 0 radical (unpaired) electrons. The van der Waals surface area contributed by atoms with Crippen LogP contribution in [0.25, 0.3) is 0 Å². The van der Waals surface area contributed by atoms with Gasteiger partial charge in [-0.25, -0.2) is 4.99 Å². The van der Waals surface area contributed by atoms with Crippen LogP contribution in [-0.4, -0.2) is 29.6 Å². The number of halogens is 3. The fourth-order valence-corrected chi connectivity index (χ4v) is 2.30. The minimum atomic E-state index is -2.09. The Kier molecular flexibility index (Phi) is 6.53. The Morgan fingerprint density at radius 2 is 1.56 bits per heavy atom. The van der Waals surface area contributed by atoms with Crippen LogP contribution in [0.1, 0.15) is 0 Å². The fourth-order valence-electron chi connectivity index (χ4n) is 1.94. The van der Waals surface area contributed by atoms with E-state index in [1.165, 1.54) is 14.2 Å². The van der Waals surface area contributed by atoms with Gasteiger partial charge in [0.15, 0.2) is 5.17 Å². The molecule has 2 aromatic carbocycles. The molecule has 0 spiro atoms. The van der Waals surface area contributed by atoms with Crippen LogP contribution in [0.4, 0.5) is 11.4 Å². The number of rotatable bonds is 6. The molecular formula is C17H15Cl3N2O3. The number of ether oxygens (including phenoxy) is 2. The van der Waals surface area contributed by atoms with Crippen molar-refractivity contribution >= 4 is 57.3 Å². The summed E-state index contributed by atoms with van der Waals surface area (Å²) in [6.45, 7) is 0. The minimum Gasteiger partial charge on any atom is -0.495 e. The number of amides is 1. The third-order valence-corrected chi connectivity index (χ3v) is 4.47. The average Bonchev–Trinajstić information content (AvgIpc) is 2.62. The summed E-state index contributed by atoms with van der Waals surface area (Å²) in [7, 11) is 2.97. The van der Waals surface area contributed by atoms with Gasteiger partial charge in [0.05, 0.1) is 19.9 Å². The van der Waals surface area contributed by atoms with Crippen LogP contribution in [0.3, 0.4) is 0 Å². The molecule has 0 bridgehead atoms. The number of nitrogens with one attached hydrogen (secondary N) is 1. The maximum absolute atomic E-state index is 12.5. The molecule has 0 unspecified atom stereocenters. The maximum atomic E-state index is 12.5. The summed E-state index contributed by atoms with van der Waals surface area (Å²) in [5.74, 6) is 0.164. The summed E-state index contributed by atoms with van der Waals surface area (Å²) < 4.78 is 8.25. The highest BCUT2D eigenvalue weighted by molar-refractivity contribution is 6.85. The van der Waals surface area contributed by atoms with E-state index < -0.39 is 10.2 Å². The van der Waals surface area contributed by atoms with Crippen molar-refractivity contribution in [2.75, 3.05) is 19.5 Å². The molecule has 0 aromatic heterocycles. The van der Waals surface area contributed by atoms with Crippen molar-refractivity contribution in [2.45, 2.75) is 4.33 Å². The quantitative estimate of drug-likeness (QED) is 0.559. The number of para-hydroxylation sites is 4. The summed E-state index contributed by atoms with van der Waals surface area (Å²) in [6.07, 6.45) is 0. The fraction of sp³-hybridized carbons (Fsp3) is 0.176. The number of hydrogen-bond acceptors (Lipinski definition) is 4. The molecule has 5 nitrogen and oxygen atoms in total. The zero-order valence-corrected chi connectivity index (χ0v) is 15.7. The number of alkyl halides is 2. The van der Waals surface area contributed by atoms with Crippen molar-refractivity contribution in [2.24, 2.45) is 4.99 Å². The van der Waals surface area contributed by atoms with Gasteiger partial charge in [-0.3, -0.25) is 4.79 Å². The SMILES string of the molecule is COc1ccccc1/N=C(/Cl)C(Cl)(Cl)C(=O)Nc1ccccc1OC. The van der Waals surface area contributed by atoms with Crippen molar-refractivity contribution in [3.05, 3.63) is 48.5 Å². The second kappa shape index (κ2) is 8.43. The number of aliphatic imine (C=N–C) groups is 1. The molecule has 2 rings (SSSR count). The molecule has 132 valence electrons. The van der Waals surface area contributed by atoms with E-state index in [0.717, 1.165) is 0 Å². The molecule has 25 heavy (non-hydrogen) atoms.